The lowest BCUT2D eigenvalue weighted by Gasteiger charge is -2.21. The van der Waals surface area contributed by atoms with Crippen LogP contribution in [0.4, 0.5) is 4.39 Å². The van der Waals surface area contributed by atoms with Crippen LogP contribution in [0.3, 0.4) is 0 Å². The van der Waals surface area contributed by atoms with E-state index in [9.17, 15) is 4.39 Å². The van der Waals surface area contributed by atoms with E-state index in [4.69, 9.17) is 21.1 Å². The predicted molar refractivity (Wildman–Crippen MR) is 65.1 cm³/mol. The molecule has 1 fully saturated rings. The van der Waals surface area contributed by atoms with Crippen molar-refractivity contribution in [2.45, 2.75) is 24.8 Å². The number of hydrogen-bond acceptors (Lipinski definition) is 2. The smallest absolute Gasteiger partial charge is 0.165 e. The molecule has 0 amide bonds. The minimum atomic E-state index is -0.388. The minimum absolute atomic E-state index is 0.0375. The standard InChI is InChI=1S/C13H16ClFO2/c1-8-5-6-17-13(8)12(14)9-3-4-11(16-2)10(15)7-9/h3-4,7-8,12-13H,5-6H2,1-2H3. The normalized spacial score (nSPS) is 25.9. The van der Waals surface area contributed by atoms with Gasteiger partial charge in [-0.25, -0.2) is 4.39 Å². The lowest BCUT2D eigenvalue weighted by molar-refractivity contribution is 0.0903. The van der Waals surface area contributed by atoms with Crippen molar-refractivity contribution in [1.29, 1.82) is 0 Å². The van der Waals surface area contributed by atoms with Gasteiger partial charge in [-0.15, -0.1) is 11.6 Å². The molecule has 0 aliphatic carbocycles. The first kappa shape index (κ1) is 12.7. The first-order valence-corrected chi connectivity index (χ1v) is 6.16. The van der Waals surface area contributed by atoms with E-state index in [2.05, 4.69) is 6.92 Å². The van der Waals surface area contributed by atoms with E-state index in [1.165, 1.54) is 13.2 Å². The van der Waals surface area contributed by atoms with Gasteiger partial charge in [0.15, 0.2) is 11.6 Å². The quantitative estimate of drug-likeness (QED) is 0.772. The predicted octanol–water partition coefficient (Wildman–Crippen LogP) is 3.54. The number of rotatable bonds is 3. The van der Waals surface area contributed by atoms with E-state index in [-0.39, 0.29) is 23.0 Å². The molecule has 17 heavy (non-hydrogen) atoms. The van der Waals surface area contributed by atoms with E-state index >= 15 is 0 Å². The highest BCUT2D eigenvalue weighted by Gasteiger charge is 2.32. The third kappa shape index (κ3) is 2.55. The number of methoxy groups -OCH3 is 1. The summed E-state index contributed by atoms with van der Waals surface area (Å²) in [6.07, 6.45) is 0.969. The summed E-state index contributed by atoms with van der Waals surface area (Å²) in [5, 5.41) is -0.312. The van der Waals surface area contributed by atoms with Crippen molar-refractivity contribution in [2.24, 2.45) is 5.92 Å². The van der Waals surface area contributed by atoms with Gasteiger partial charge in [0.2, 0.25) is 0 Å². The van der Waals surface area contributed by atoms with E-state index in [1.54, 1.807) is 12.1 Å². The summed E-state index contributed by atoms with van der Waals surface area (Å²) in [5.74, 6) is 0.252. The Morgan fingerprint density at radius 3 is 2.82 bits per heavy atom. The summed E-state index contributed by atoms with van der Waals surface area (Å²) in [4.78, 5) is 0. The van der Waals surface area contributed by atoms with E-state index in [1.807, 2.05) is 0 Å². The van der Waals surface area contributed by atoms with Crippen molar-refractivity contribution >= 4 is 11.6 Å². The number of halogens is 2. The highest BCUT2D eigenvalue weighted by Crippen LogP contribution is 2.36. The van der Waals surface area contributed by atoms with Crippen LogP contribution in [0.2, 0.25) is 0 Å². The van der Waals surface area contributed by atoms with Crippen LogP contribution in [0, 0.1) is 11.7 Å². The van der Waals surface area contributed by atoms with Gasteiger partial charge in [0.25, 0.3) is 0 Å². The SMILES string of the molecule is COc1ccc(C(Cl)C2OCCC2C)cc1F. The van der Waals surface area contributed by atoms with Gasteiger partial charge < -0.3 is 9.47 Å². The van der Waals surface area contributed by atoms with Gasteiger partial charge in [0.1, 0.15) is 0 Å². The Kier molecular flexibility index (Phi) is 3.89. The molecule has 0 bridgehead atoms. The topological polar surface area (TPSA) is 18.5 Å². The maximum Gasteiger partial charge on any atom is 0.165 e. The second-order valence-electron chi connectivity index (χ2n) is 4.40. The zero-order chi connectivity index (χ0) is 12.4. The first-order valence-electron chi connectivity index (χ1n) is 5.72. The molecule has 0 radical (unpaired) electrons. The average molecular weight is 259 g/mol. The summed E-state index contributed by atoms with van der Waals surface area (Å²) in [6.45, 7) is 2.83. The monoisotopic (exact) mass is 258 g/mol. The summed E-state index contributed by atoms with van der Waals surface area (Å²) < 4.78 is 24.0. The first-order chi connectivity index (χ1) is 8.13. The van der Waals surface area contributed by atoms with Gasteiger partial charge in [0, 0.05) is 6.61 Å². The van der Waals surface area contributed by atoms with E-state index in [0.717, 1.165) is 18.6 Å². The highest BCUT2D eigenvalue weighted by atomic mass is 35.5. The van der Waals surface area contributed by atoms with Crippen LogP contribution < -0.4 is 4.74 Å². The largest absolute Gasteiger partial charge is 0.494 e. The molecule has 1 aromatic rings. The van der Waals surface area contributed by atoms with E-state index < -0.39 is 0 Å². The molecule has 94 valence electrons. The van der Waals surface area contributed by atoms with Crippen molar-refractivity contribution < 1.29 is 13.9 Å². The van der Waals surface area contributed by atoms with Crippen LogP contribution >= 0.6 is 11.6 Å². The summed E-state index contributed by atoms with van der Waals surface area (Å²) in [5.41, 5.74) is 0.740. The molecule has 0 N–H and O–H groups in total. The Labute approximate surface area is 106 Å². The van der Waals surface area contributed by atoms with Crippen LogP contribution in [0.25, 0.3) is 0 Å². The summed E-state index contributed by atoms with van der Waals surface area (Å²) in [7, 11) is 1.44. The molecule has 1 aromatic carbocycles. The lowest BCUT2D eigenvalue weighted by atomic mass is 9.97. The average Bonchev–Trinajstić information content (AvgIpc) is 2.74. The van der Waals surface area contributed by atoms with Gasteiger partial charge >= 0.3 is 0 Å². The molecule has 3 atom stereocenters. The summed E-state index contributed by atoms with van der Waals surface area (Å²) in [6, 6.07) is 4.80. The number of benzene rings is 1. The maximum absolute atomic E-state index is 13.6. The molecule has 3 unspecified atom stereocenters. The molecular formula is C13H16ClFO2. The molecule has 0 aromatic heterocycles. The summed E-state index contributed by atoms with van der Waals surface area (Å²) >= 11 is 6.34. The van der Waals surface area contributed by atoms with Crippen LogP contribution in [0.15, 0.2) is 18.2 Å². The van der Waals surface area contributed by atoms with Gasteiger partial charge in [-0.05, 0) is 30.0 Å². The Hall–Kier alpha value is -0.800. The Morgan fingerprint density at radius 1 is 1.53 bits per heavy atom. The van der Waals surface area contributed by atoms with Crippen molar-refractivity contribution in [3.05, 3.63) is 29.6 Å². The molecule has 1 saturated heterocycles. The van der Waals surface area contributed by atoms with Gasteiger partial charge in [-0.2, -0.15) is 0 Å². The second kappa shape index (κ2) is 5.23. The molecule has 4 heteroatoms. The fourth-order valence-corrected chi connectivity index (χ4v) is 2.59. The lowest BCUT2D eigenvalue weighted by Crippen LogP contribution is -2.19. The zero-order valence-corrected chi connectivity index (χ0v) is 10.7. The van der Waals surface area contributed by atoms with Crippen molar-refractivity contribution in [3.8, 4) is 5.75 Å². The zero-order valence-electron chi connectivity index (χ0n) is 9.95. The number of hydrogen-bond donors (Lipinski definition) is 0. The second-order valence-corrected chi connectivity index (χ2v) is 4.87. The molecule has 0 spiro atoms. The van der Waals surface area contributed by atoms with Gasteiger partial charge in [-0.3, -0.25) is 0 Å². The molecule has 1 aliphatic heterocycles. The minimum Gasteiger partial charge on any atom is -0.494 e. The third-order valence-corrected chi connectivity index (χ3v) is 3.73. The molecule has 0 saturated carbocycles. The van der Waals surface area contributed by atoms with Crippen LogP contribution in [0.5, 0.6) is 5.75 Å². The fraction of sp³-hybridized carbons (Fsp3) is 0.538. The van der Waals surface area contributed by atoms with Gasteiger partial charge in [0.05, 0.1) is 18.6 Å². The molecule has 1 heterocycles. The van der Waals surface area contributed by atoms with Gasteiger partial charge in [-0.1, -0.05) is 13.0 Å². The third-order valence-electron chi connectivity index (χ3n) is 3.23. The Morgan fingerprint density at radius 2 is 2.29 bits per heavy atom. The van der Waals surface area contributed by atoms with Crippen LogP contribution in [-0.4, -0.2) is 19.8 Å². The van der Waals surface area contributed by atoms with Crippen molar-refractivity contribution in [3.63, 3.8) is 0 Å². The number of alkyl halides is 1. The van der Waals surface area contributed by atoms with Crippen LogP contribution in [-0.2, 0) is 4.74 Å². The maximum atomic E-state index is 13.6. The van der Waals surface area contributed by atoms with E-state index in [0.29, 0.717) is 5.92 Å². The Bertz CT molecular complexity index is 397. The van der Waals surface area contributed by atoms with Crippen molar-refractivity contribution in [2.75, 3.05) is 13.7 Å². The molecular weight excluding hydrogens is 243 g/mol. The number of ether oxygens (including phenoxy) is 2. The molecule has 1 aliphatic rings. The van der Waals surface area contributed by atoms with Crippen molar-refractivity contribution in [1.82, 2.24) is 0 Å². The fourth-order valence-electron chi connectivity index (χ4n) is 2.14. The highest BCUT2D eigenvalue weighted by molar-refractivity contribution is 6.21. The molecule has 2 nitrogen and oxygen atoms in total. The Balaban J connectivity index is 2.19. The van der Waals surface area contributed by atoms with Crippen LogP contribution in [0.1, 0.15) is 24.3 Å². The molecule has 2 rings (SSSR count).